The highest BCUT2D eigenvalue weighted by molar-refractivity contribution is 7.99. The molecule has 132 valence electrons. The van der Waals surface area contributed by atoms with Crippen molar-refractivity contribution >= 4 is 23.9 Å². The maximum absolute atomic E-state index is 12.8. The minimum Gasteiger partial charge on any atom is -0.461 e. The van der Waals surface area contributed by atoms with E-state index in [0.29, 0.717) is 24.3 Å². The zero-order valence-corrected chi connectivity index (χ0v) is 15.7. The smallest absolute Gasteiger partial charge is 0.336 e. The van der Waals surface area contributed by atoms with Gasteiger partial charge in [0, 0.05) is 24.2 Å². The minimum absolute atomic E-state index is 0.337. The van der Waals surface area contributed by atoms with Gasteiger partial charge in [-0.05, 0) is 31.2 Å². The molecular formula is C19H23N3O2S. The summed E-state index contributed by atoms with van der Waals surface area (Å²) in [6.07, 6.45) is 1.73. The van der Waals surface area contributed by atoms with E-state index in [1.807, 2.05) is 32.0 Å². The number of rotatable bonds is 7. The first-order valence-corrected chi connectivity index (χ1v) is 9.55. The van der Waals surface area contributed by atoms with Gasteiger partial charge in [0.2, 0.25) is 0 Å². The molecule has 1 aromatic rings. The maximum Gasteiger partial charge on any atom is 0.336 e. The SMILES string of the molecule is CCSCCOC(=O)C1=C(C)N(CC)N=CC1c1ccccc1C#N. The van der Waals surface area contributed by atoms with E-state index < -0.39 is 0 Å². The third-order valence-electron chi connectivity index (χ3n) is 4.04. The van der Waals surface area contributed by atoms with Crippen molar-refractivity contribution in [2.45, 2.75) is 26.7 Å². The van der Waals surface area contributed by atoms with Gasteiger partial charge in [0.25, 0.3) is 0 Å². The van der Waals surface area contributed by atoms with Gasteiger partial charge in [0.15, 0.2) is 0 Å². The minimum atomic E-state index is -0.370. The Labute approximate surface area is 153 Å². The average molecular weight is 357 g/mol. The fourth-order valence-electron chi connectivity index (χ4n) is 2.79. The van der Waals surface area contributed by atoms with Crippen molar-refractivity contribution in [2.75, 3.05) is 24.7 Å². The Balaban J connectivity index is 2.34. The lowest BCUT2D eigenvalue weighted by Crippen LogP contribution is -2.29. The van der Waals surface area contributed by atoms with E-state index in [-0.39, 0.29) is 11.9 Å². The number of carbonyl (C=O) groups excluding carboxylic acids is 1. The number of hydrazone groups is 1. The lowest BCUT2D eigenvalue weighted by molar-refractivity contribution is -0.138. The molecule has 0 aromatic heterocycles. The van der Waals surface area contributed by atoms with E-state index in [2.05, 4.69) is 18.1 Å². The van der Waals surface area contributed by atoms with Gasteiger partial charge in [-0.2, -0.15) is 22.1 Å². The van der Waals surface area contributed by atoms with Crippen LogP contribution in [0.3, 0.4) is 0 Å². The van der Waals surface area contributed by atoms with Crippen LogP contribution in [0.25, 0.3) is 0 Å². The molecule has 2 rings (SSSR count). The number of hydrogen-bond acceptors (Lipinski definition) is 6. The summed E-state index contributed by atoms with van der Waals surface area (Å²) in [5, 5.41) is 15.6. The number of carbonyl (C=O) groups is 1. The molecule has 0 radical (unpaired) electrons. The number of hydrogen-bond donors (Lipinski definition) is 0. The normalized spacial score (nSPS) is 16.7. The lowest BCUT2D eigenvalue weighted by Gasteiger charge is -2.29. The Bertz CT molecular complexity index is 722. The Morgan fingerprint density at radius 2 is 2.16 bits per heavy atom. The lowest BCUT2D eigenvalue weighted by atomic mass is 9.87. The number of ether oxygens (including phenoxy) is 1. The van der Waals surface area contributed by atoms with E-state index in [1.54, 1.807) is 29.1 Å². The fourth-order valence-corrected chi connectivity index (χ4v) is 3.28. The van der Waals surface area contributed by atoms with Gasteiger partial charge < -0.3 is 4.74 Å². The van der Waals surface area contributed by atoms with Crippen molar-refractivity contribution < 1.29 is 9.53 Å². The fraction of sp³-hybridized carbons (Fsp3) is 0.421. The van der Waals surface area contributed by atoms with Crippen molar-refractivity contribution in [1.29, 1.82) is 5.26 Å². The molecule has 25 heavy (non-hydrogen) atoms. The van der Waals surface area contributed by atoms with Crippen LogP contribution in [-0.2, 0) is 9.53 Å². The van der Waals surface area contributed by atoms with E-state index in [9.17, 15) is 10.1 Å². The van der Waals surface area contributed by atoms with Crippen molar-refractivity contribution in [1.82, 2.24) is 5.01 Å². The first-order chi connectivity index (χ1) is 12.1. The molecule has 5 nitrogen and oxygen atoms in total. The second-order valence-corrected chi connectivity index (χ2v) is 6.88. The van der Waals surface area contributed by atoms with E-state index in [4.69, 9.17) is 4.74 Å². The molecule has 0 aliphatic carbocycles. The summed E-state index contributed by atoms with van der Waals surface area (Å²) in [6, 6.07) is 9.50. The van der Waals surface area contributed by atoms with Crippen LogP contribution in [0.5, 0.6) is 0 Å². The van der Waals surface area contributed by atoms with Crippen LogP contribution in [0.4, 0.5) is 0 Å². The van der Waals surface area contributed by atoms with Gasteiger partial charge in [-0.1, -0.05) is 25.1 Å². The predicted molar refractivity (Wildman–Crippen MR) is 101 cm³/mol. The van der Waals surface area contributed by atoms with Crippen molar-refractivity contribution in [3.63, 3.8) is 0 Å². The molecule has 1 aliphatic heterocycles. The van der Waals surface area contributed by atoms with Crippen molar-refractivity contribution in [2.24, 2.45) is 5.10 Å². The Kier molecular flexibility index (Phi) is 7.08. The topological polar surface area (TPSA) is 65.7 Å². The van der Waals surface area contributed by atoms with Gasteiger partial charge in [0.1, 0.15) is 6.61 Å². The highest BCUT2D eigenvalue weighted by Crippen LogP contribution is 2.33. The van der Waals surface area contributed by atoms with Crippen LogP contribution in [0, 0.1) is 11.3 Å². The van der Waals surface area contributed by atoms with Crippen LogP contribution < -0.4 is 0 Å². The van der Waals surface area contributed by atoms with Crippen molar-refractivity contribution in [3.8, 4) is 6.07 Å². The molecule has 1 aromatic carbocycles. The molecule has 0 N–H and O–H groups in total. The number of benzene rings is 1. The molecule has 0 saturated heterocycles. The number of allylic oxidation sites excluding steroid dienone is 1. The molecule has 0 amide bonds. The molecule has 0 bridgehead atoms. The van der Waals surface area contributed by atoms with E-state index in [0.717, 1.165) is 22.8 Å². The van der Waals surface area contributed by atoms with Gasteiger partial charge in [-0.25, -0.2) is 4.79 Å². The quantitative estimate of drug-likeness (QED) is 0.552. The molecule has 1 aliphatic rings. The van der Waals surface area contributed by atoms with Gasteiger partial charge in [-0.3, -0.25) is 5.01 Å². The van der Waals surface area contributed by atoms with Crippen LogP contribution in [0.15, 0.2) is 40.6 Å². The summed E-state index contributed by atoms with van der Waals surface area (Å²) in [7, 11) is 0. The third kappa shape index (κ3) is 4.43. The standard InChI is InChI=1S/C19H23N3O2S/c1-4-22-14(3)18(19(23)24-10-11-25-5-2)17(13-21-22)16-9-7-6-8-15(16)12-20/h6-9,13,17H,4-5,10-11H2,1-3H3. The van der Waals surface area contributed by atoms with Gasteiger partial charge in [-0.15, -0.1) is 0 Å². The molecule has 6 heteroatoms. The number of thioether (sulfide) groups is 1. The van der Waals surface area contributed by atoms with Crippen LogP contribution in [0.1, 0.15) is 37.8 Å². The van der Waals surface area contributed by atoms with Crippen LogP contribution in [-0.4, -0.2) is 41.9 Å². The van der Waals surface area contributed by atoms with Crippen LogP contribution in [0.2, 0.25) is 0 Å². The molecule has 0 spiro atoms. The molecule has 1 atom stereocenters. The number of esters is 1. The molecule has 1 unspecified atom stereocenters. The average Bonchev–Trinajstić information content (AvgIpc) is 2.64. The number of nitrogens with zero attached hydrogens (tertiary/aromatic N) is 3. The summed E-state index contributed by atoms with van der Waals surface area (Å²) in [5.74, 6) is 1.06. The summed E-state index contributed by atoms with van der Waals surface area (Å²) in [5.41, 5.74) is 2.65. The predicted octanol–water partition coefficient (Wildman–Crippen LogP) is 3.53. The highest BCUT2D eigenvalue weighted by Gasteiger charge is 2.31. The van der Waals surface area contributed by atoms with E-state index in [1.165, 1.54) is 0 Å². The highest BCUT2D eigenvalue weighted by atomic mass is 32.2. The summed E-state index contributed by atoms with van der Waals surface area (Å²) in [6.45, 7) is 6.97. The first kappa shape index (κ1) is 19.1. The second kappa shape index (κ2) is 9.28. The zero-order chi connectivity index (χ0) is 18.2. The van der Waals surface area contributed by atoms with E-state index >= 15 is 0 Å². The second-order valence-electron chi connectivity index (χ2n) is 5.49. The maximum atomic E-state index is 12.8. The summed E-state index contributed by atoms with van der Waals surface area (Å²) < 4.78 is 5.48. The Morgan fingerprint density at radius 3 is 2.84 bits per heavy atom. The first-order valence-electron chi connectivity index (χ1n) is 8.40. The molecular weight excluding hydrogens is 334 g/mol. The Hall–Kier alpha value is -2.26. The Morgan fingerprint density at radius 1 is 1.40 bits per heavy atom. The van der Waals surface area contributed by atoms with Gasteiger partial charge in [0.05, 0.1) is 23.1 Å². The zero-order valence-electron chi connectivity index (χ0n) is 14.9. The van der Waals surface area contributed by atoms with Crippen molar-refractivity contribution in [3.05, 3.63) is 46.7 Å². The molecule has 0 saturated carbocycles. The molecule has 1 heterocycles. The third-order valence-corrected chi connectivity index (χ3v) is 4.91. The summed E-state index contributed by atoms with van der Waals surface area (Å²) in [4.78, 5) is 12.8. The van der Waals surface area contributed by atoms with Gasteiger partial charge >= 0.3 is 5.97 Å². The molecule has 0 fully saturated rings. The monoisotopic (exact) mass is 357 g/mol. The van der Waals surface area contributed by atoms with Crippen LogP contribution >= 0.6 is 11.8 Å². The number of nitriles is 1. The largest absolute Gasteiger partial charge is 0.461 e. The summed E-state index contributed by atoms with van der Waals surface area (Å²) >= 11 is 1.73.